The highest BCUT2D eigenvalue weighted by atomic mass is 35.5. The van der Waals surface area contributed by atoms with Crippen LogP contribution in [0.5, 0.6) is 0 Å². The van der Waals surface area contributed by atoms with E-state index in [1.165, 1.54) is 6.26 Å². The Morgan fingerprint density at radius 2 is 2.14 bits per heavy atom. The fraction of sp³-hybridized carbons (Fsp3) is 0.167. The fourth-order valence-corrected chi connectivity index (χ4v) is 3.54. The van der Waals surface area contributed by atoms with Crippen molar-refractivity contribution >= 4 is 39.7 Å². The first kappa shape index (κ1) is 16.8. The van der Waals surface area contributed by atoms with Crippen LogP contribution < -0.4 is 5.32 Å². The van der Waals surface area contributed by atoms with Crippen molar-refractivity contribution in [3.63, 3.8) is 0 Å². The van der Waals surface area contributed by atoms with Crippen molar-refractivity contribution in [3.8, 4) is 11.3 Å². The molecule has 0 unspecified atom stereocenters. The molecule has 4 aromatic rings. The van der Waals surface area contributed by atoms with E-state index >= 15 is 4.39 Å². The van der Waals surface area contributed by atoms with E-state index in [2.05, 4.69) is 25.5 Å². The van der Waals surface area contributed by atoms with Crippen LogP contribution in [0.1, 0.15) is 5.56 Å². The van der Waals surface area contributed by atoms with E-state index in [9.17, 15) is 0 Å². The van der Waals surface area contributed by atoms with E-state index in [1.807, 2.05) is 6.20 Å². The monoisotopic (exact) mass is 400 g/mol. The van der Waals surface area contributed by atoms with Gasteiger partial charge in [0.05, 0.1) is 40.4 Å². The Kier molecular flexibility index (Phi) is 3.83. The highest BCUT2D eigenvalue weighted by Crippen LogP contribution is 2.41. The van der Waals surface area contributed by atoms with Gasteiger partial charge < -0.3 is 19.2 Å². The standard InChI is InChI=1S/C18H14ClFN6O2/c1-21-12-7-26-6-10(22-5-13(26)24-12)14-9-4-23-25-18(9)15(17(20)16(14)19)11-8-27-2-3-28-11/h4-8,21H,2-3H2,1H3,(H,23,25). The lowest BCUT2D eigenvalue weighted by Crippen LogP contribution is -2.09. The third-order valence-electron chi connectivity index (χ3n) is 4.54. The molecule has 0 saturated heterocycles. The van der Waals surface area contributed by atoms with Crippen LogP contribution in [0.15, 0.2) is 31.0 Å². The molecule has 142 valence electrons. The number of nitrogens with zero attached hydrogens (tertiary/aromatic N) is 4. The Bertz CT molecular complexity index is 1250. The van der Waals surface area contributed by atoms with E-state index in [-0.39, 0.29) is 16.3 Å². The number of H-pyrrole nitrogens is 1. The molecule has 8 nitrogen and oxygen atoms in total. The Labute approximate surface area is 162 Å². The zero-order chi connectivity index (χ0) is 19.3. The topological polar surface area (TPSA) is 89.4 Å². The Hall–Kier alpha value is -3.33. The summed E-state index contributed by atoms with van der Waals surface area (Å²) >= 11 is 6.45. The molecule has 0 spiro atoms. The summed E-state index contributed by atoms with van der Waals surface area (Å²) in [6.07, 6.45) is 8.12. The molecule has 4 heterocycles. The second kappa shape index (κ2) is 6.38. The fourth-order valence-electron chi connectivity index (χ4n) is 3.24. The second-order valence-corrected chi connectivity index (χ2v) is 6.53. The summed E-state index contributed by atoms with van der Waals surface area (Å²) in [7, 11) is 1.78. The molecule has 10 heteroatoms. The van der Waals surface area contributed by atoms with Crippen molar-refractivity contribution in [2.45, 2.75) is 0 Å². The number of rotatable bonds is 3. The Morgan fingerprint density at radius 1 is 1.25 bits per heavy atom. The average molecular weight is 401 g/mol. The maximum absolute atomic E-state index is 15.3. The Balaban J connectivity index is 1.76. The van der Waals surface area contributed by atoms with E-state index in [1.54, 1.807) is 30.0 Å². The number of aromatic nitrogens is 5. The van der Waals surface area contributed by atoms with Crippen molar-refractivity contribution < 1.29 is 13.9 Å². The SMILES string of the molecule is CNc1cn2cc(-c3c(Cl)c(F)c(C4=COCCO4)c4[nH]ncc34)ncc2n1. The molecule has 0 fully saturated rings. The van der Waals surface area contributed by atoms with Gasteiger partial charge in [-0.3, -0.25) is 10.1 Å². The second-order valence-electron chi connectivity index (χ2n) is 6.15. The van der Waals surface area contributed by atoms with Crippen molar-refractivity contribution in [1.82, 2.24) is 24.6 Å². The van der Waals surface area contributed by atoms with Gasteiger partial charge in [-0.2, -0.15) is 5.10 Å². The van der Waals surface area contributed by atoms with Crippen LogP contribution in [-0.2, 0) is 9.47 Å². The van der Waals surface area contributed by atoms with Crippen LogP contribution in [-0.4, -0.2) is 44.8 Å². The van der Waals surface area contributed by atoms with Gasteiger partial charge in [0.15, 0.2) is 17.2 Å². The lowest BCUT2D eigenvalue weighted by molar-refractivity contribution is 0.125. The van der Waals surface area contributed by atoms with Gasteiger partial charge in [-0.15, -0.1) is 0 Å². The number of anilines is 1. The third-order valence-corrected chi connectivity index (χ3v) is 4.89. The molecule has 2 N–H and O–H groups in total. The summed E-state index contributed by atoms with van der Waals surface area (Å²) in [6.45, 7) is 0.736. The highest BCUT2D eigenvalue weighted by molar-refractivity contribution is 6.35. The van der Waals surface area contributed by atoms with Crippen LogP contribution in [0.2, 0.25) is 5.02 Å². The molecule has 1 aliphatic heterocycles. The summed E-state index contributed by atoms with van der Waals surface area (Å²) in [5.41, 5.74) is 2.22. The average Bonchev–Trinajstić information content (AvgIpc) is 3.35. The number of hydrogen-bond donors (Lipinski definition) is 2. The maximum Gasteiger partial charge on any atom is 0.166 e. The first-order chi connectivity index (χ1) is 13.7. The molecule has 28 heavy (non-hydrogen) atoms. The molecule has 0 saturated carbocycles. The minimum absolute atomic E-state index is 0.0696. The van der Waals surface area contributed by atoms with Gasteiger partial charge in [0.1, 0.15) is 25.3 Å². The lowest BCUT2D eigenvalue weighted by Gasteiger charge is -2.18. The number of fused-ring (bicyclic) bond motifs is 2. The van der Waals surface area contributed by atoms with Crippen molar-refractivity contribution in [2.75, 3.05) is 25.6 Å². The van der Waals surface area contributed by atoms with Gasteiger partial charge in [0, 0.05) is 24.2 Å². The summed E-state index contributed by atoms with van der Waals surface area (Å²) in [6, 6.07) is 0. The number of ether oxygens (including phenoxy) is 2. The molecular weight excluding hydrogens is 387 g/mol. The predicted molar refractivity (Wildman–Crippen MR) is 102 cm³/mol. The smallest absolute Gasteiger partial charge is 0.166 e. The number of hydrogen-bond acceptors (Lipinski definition) is 6. The molecule has 5 rings (SSSR count). The van der Waals surface area contributed by atoms with Gasteiger partial charge in [0.2, 0.25) is 0 Å². The van der Waals surface area contributed by atoms with Crippen LogP contribution >= 0.6 is 11.6 Å². The molecule has 0 atom stereocenters. The van der Waals surface area contributed by atoms with Crippen molar-refractivity contribution in [3.05, 3.63) is 47.5 Å². The van der Waals surface area contributed by atoms with Crippen molar-refractivity contribution in [2.24, 2.45) is 0 Å². The molecule has 0 aliphatic carbocycles. The summed E-state index contributed by atoms with van der Waals surface area (Å²) < 4.78 is 27.9. The van der Waals surface area contributed by atoms with Crippen LogP contribution in [0.3, 0.4) is 0 Å². The summed E-state index contributed by atoms with van der Waals surface area (Å²) in [4.78, 5) is 8.78. The molecule has 1 aliphatic rings. The Morgan fingerprint density at radius 3 is 2.93 bits per heavy atom. The molecule has 3 aromatic heterocycles. The lowest BCUT2D eigenvalue weighted by atomic mass is 10.0. The van der Waals surface area contributed by atoms with Gasteiger partial charge >= 0.3 is 0 Å². The third kappa shape index (κ3) is 2.47. The van der Waals surface area contributed by atoms with Gasteiger partial charge in [-0.25, -0.2) is 9.37 Å². The minimum atomic E-state index is -0.631. The summed E-state index contributed by atoms with van der Waals surface area (Å²) in [5.74, 6) is 0.332. The van der Waals surface area contributed by atoms with E-state index in [4.69, 9.17) is 21.1 Å². The van der Waals surface area contributed by atoms with Gasteiger partial charge in [-0.05, 0) is 0 Å². The molecule has 1 aromatic carbocycles. The number of aromatic amines is 1. The largest absolute Gasteiger partial charge is 0.494 e. The molecule has 0 bridgehead atoms. The molecular formula is C18H14ClFN6O2. The number of benzene rings is 1. The summed E-state index contributed by atoms with van der Waals surface area (Å²) in [5, 5.41) is 10.4. The first-order valence-electron chi connectivity index (χ1n) is 8.49. The maximum atomic E-state index is 15.3. The van der Waals surface area contributed by atoms with E-state index in [0.29, 0.717) is 46.8 Å². The van der Waals surface area contributed by atoms with Crippen LogP contribution in [0.4, 0.5) is 10.2 Å². The molecule has 0 radical (unpaired) electrons. The van der Waals surface area contributed by atoms with E-state index in [0.717, 1.165) is 0 Å². The van der Waals surface area contributed by atoms with Gasteiger partial charge in [-0.1, -0.05) is 11.6 Å². The quantitative estimate of drug-likeness (QED) is 0.547. The normalized spacial score (nSPS) is 14.0. The number of halogens is 2. The van der Waals surface area contributed by atoms with E-state index < -0.39 is 5.82 Å². The highest BCUT2D eigenvalue weighted by Gasteiger charge is 2.26. The van der Waals surface area contributed by atoms with Crippen LogP contribution in [0, 0.1) is 5.82 Å². The number of nitrogens with one attached hydrogen (secondary N) is 2. The van der Waals surface area contributed by atoms with Gasteiger partial charge in [0.25, 0.3) is 0 Å². The zero-order valence-corrected chi connectivity index (χ0v) is 15.4. The predicted octanol–water partition coefficient (Wildman–Crippen LogP) is 3.45. The van der Waals surface area contributed by atoms with Crippen LogP contribution in [0.25, 0.3) is 33.6 Å². The number of imidazole rings is 1. The first-order valence-corrected chi connectivity index (χ1v) is 8.87. The zero-order valence-electron chi connectivity index (χ0n) is 14.7. The van der Waals surface area contributed by atoms with Crippen molar-refractivity contribution in [1.29, 1.82) is 0 Å². The molecule has 0 amide bonds. The minimum Gasteiger partial charge on any atom is -0.494 e.